The number of hydrogen-bond acceptors (Lipinski definition) is 4. The highest BCUT2D eigenvalue weighted by atomic mass is 32.2. The third-order valence-electron chi connectivity index (χ3n) is 2.00. The SMILES string of the molecule is CC(=O)c1cccnc1SC(C)CCO. The molecule has 82 valence electrons. The van der Waals surface area contributed by atoms with Crippen LogP contribution in [0.2, 0.25) is 0 Å². The minimum atomic E-state index is 0.0294. The number of thioether (sulfide) groups is 1. The molecule has 1 rings (SSSR count). The quantitative estimate of drug-likeness (QED) is 0.616. The maximum atomic E-state index is 11.3. The van der Waals surface area contributed by atoms with Crippen LogP contribution < -0.4 is 0 Å². The maximum Gasteiger partial charge on any atom is 0.162 e. The molecule has 1 unspecified atom stereocenters. The van der Waals surface area contributed by atoms with Crippen molar-refractivity contribution in [2.75, 3.05) is 6.61 Å². The van der Waals surface area contributed by atoms with Gasteiger partial charge in [-0.05, 0) is 25.5 Å². The molecule has 3 nitrogen and oxygen atoms in total. The lowest BCUT2D eigenvalue weighted by molar-refractivity contribution is 0.101. The van der Waals surface area contributed by atoms with E-state index < -0.39 is 0 Å². The smallest absolute Gasteiger partial charge is 0.162 e. The fourth-order valence-corrected chi connectivity index (χ4v) is 2.25. The Kier molecular flexibility index (Phi) is 4.78. The molecule has 15 heavy (non-hydrogen) atoms. The van der Waals surface area contributed by atoms with Gasteiger partial charge in [0.2, 0.25) is 0 Å². The van der Waals surface area contributed by atoms with E-state index in [0.717, 1.165) is 5.03 Å². The number of Topliss-reactive ketones (excluding diaryl/α,β-unsaturated/α-hetero) is 1. The number of hydrogen-bond donors (Lipinski definition) is 1. The van der Waals surface area contributed by atoms with Crippen molar-refractivity contribution in [1.29, 1.82) is 0 Å². The molecule has 0 aliphatic carbocycles. The summed E-state index contributed by atoms with van der Waals surface area (Å²) in [6.07, 6.45) is 2.39. The number of carbonyl (C=O) groups excluding carboxylic acids is 1. The predicted molar refractivity (Wildman–Crippen MR) is 61.3 cm³/mol. The Labute approximate surface area is 93.9 Å². The first-order valence-electron chi connectivity index (χ1n) is 4.88. The zero-order chi connectivity index (χ0) is 11.3. The second-order valence-corrected chi connectivity index (χ2v) is 4.78. The molecule has 0 radical (unpaired) electrons. The normalized spacial score (nSPS) is 12.5. The maximum absolute atomic E-state index is 11.3. The summed E-state index contributed by atoms with van der Waals surface area (Å²) in [6.45, 7) is 3.72. The molecular formula is C11H15NO2S. The van der Waals surface area contributed by atoms with Gasteiger partial charge in [0.05, 0.1) is 0 Å². The minimum Gasteiger partial charge on any atom is -0.396 e. The van der Waals surface area contributed by atoms with Gasteiger partial charge in [0.15, 0.2) is 5.78 Å². The summed E-state index contributed by atoms with van der Waals surface area (Å²) in [6, 6.07) is 3.54. The topological polar surface area (TPSA) is 50.2 Å². The summed E-state index contributed by atoms with van der Waals surface area (Å²) < 4.78 is 0. The molecule has 0 saturated heterocycles. The molecular weight excluding hydrogens is 210 g/mol. The van der Waals surface area contributed by atoms with Gasteiger partial charge in [-0.15, -0.1) is 11.8 Å². The van der Waals surface area contributed by atoms with Crippen molar-refractivity contribution in [3.05, 3.63) is 23.9 Å². The number of aliphatic hydroxyl groups excluding tert-OH is 1. The minimum absolute atomic E-state index is 0.0294. The first-order chi connectivity index (χ1) is 7.15. The van der Waals surface area contributed by atoms with E-state index in [1.807, 2.05) is 6.92 Å². The lowest BCUT2D eigenvalue weighted by Gasteiger charge is -2.10. The van der Waals surface area contributed by atoms with Crippen LogP contribution in [-0.2, 0) is 0 Å². The number of nitrogens with zero attached hydrogens (tertiary/aromatic N) is 1. The van der Waals surface area contributed by atoms with Crippen LogP contribution in [-0.4, -0.2) is 27.7 Å². The number of ketones is 1. The Balaban J connectivity index is 2.79. The van der Waals surface area contributed by atoms with Crippen molar-refractivity contribution < 1.29 is 9.90 Å². The zero-order valence-electron chi connectivity index (χ0n) is 8.93. The number of aromatic nitrogens is 1. The molecule has 0 saturated carbocycles. The lowest BCUT2D eigenvalue weighted by Crippen LogP contribution is -2.03. The van der Waals surface area contributed by atoms with Gasteiger partial charge in [-0.1, -0.05) is 6.92 Å². The molecule has 0 aromatic carbocycles. The summed E-state index contributed by atoms with van der Waals surface area (Å²) in [5.74, 6) is 0.0294. The Morgan fingerprint density at radius 1 is 1.67 bits per heavy atom. The highest BCUT2D eigenvalue weighted by molar-refractivity contribution is 7.99. The standard InChI is InChI=1S/C11H15NO2S/c1-8(5-7-13)15-11-10(9(2)14)4-3-6-12-11/h3-4,6,8,13H,5,7H2,1-2H3. The molecule has 0 aliphatic heterocycles. The van der Waals surface area contributed by atoms with Crippen LogP contribution in [0, 0.1) is 0 Å². The summed E-state index contributed by atoms with van der Waals surface area (Å²) in [5, 5.41) is 9.81. The summed E-state index contributed by atoms with van der Waals surface area (Å²) >= 11 is 1.53. The van der Waals surface area contributed by atoms with Crippen LogP contribution >= 0.6 is 11.8 Å². The van der Waals surface area contributed by atoms with E-state index in [2.05, 4.69) is 4.98 Å². The van der Waals surface area contributed by atoms with Gasteiger partial charge in [0.1, 0.15) is 5.03 Å². The van der Waals surface area contributed by atoms with Gasteiger partial charge in [0.25, 0.3) is 0 Å². The Bertz CT molecular complexity index is 341. The van der Waals surface area contributed by atoms with Crippen LogP contribution in [0.25, 0.3) is 0 Å². The summed E-state index contributed by atoms with van der Waals surface area (Å²) in [5.41, 5.74) is 0.660. The number of rotatable bonds is 5. The van der Waals surface area contributed by atoms with Crippen LogP contribution in [0.1, 0.15) is 30.6 Å². The molecule has 0 fully saturated rings. The van der Waals surface area contributed by atoms with E-state index in [1.54, 1.807) is 18.3 Å². The van der Waals surface area contributed by atoms with E-state index in [-0.39, 0.29) is 17.6 Å². The monoisotopic (exact) mass is 225 g/mol. The first kappa shape index (κ1) is 12.2. The average Bonchev–Trinajstić information content (AvgIpc) is 2.18. The molecule has 0 spiro atoms. The van der Waals surface area contributed by atoms with Crippen molar-refractivity contribution in [3.63, 3.8) is 0 Å². The van der Waals surface area contributed by atoms with Crippen LogP contribution in [0.3, 0.4) is 0 Å². The molecule has 1 atom stereocenters. The van der Waals surface area contributed by atoms with Crippen LogP contribution in [0.15, 0.2) is 23.4 Å². The Hall–Kier alpha value is -0.870. The largest absolute Gasteiger partial charge is 0.396 e. The summed E-state index contributed by atoms with van der Waals surface area (Å²) in [4.78, 5) is 15.5. The van der Waals surface area contributed by atoms with Gasteiger partial charge in [-0.25, -0.2) is 4.98 Å². The molecule has 1 heterocycles. The van der Waals surface area contributed by atoms with Crippen LogP contribution in [0.4, 0.5) is 0 Å². The average molecular weight is 225 g/mol. The Morgan fingerprint density at radius 3 is 3.00 bits per heavy atom. The first-order valence-corrected chi connectivity index (χ1v) is 5.76. The highest BCUT2D eigenvalue weighted by Crippen LogP contribution is 2.26. The van der Waals surface area contributed by atoms with Gasteiger partial charge in [-0.2, -0.15) is 0 Å². The van der Waals surface area contributed by atoms with Crippen molar-refractivity contribution in [1.82, 2.24) is 4.98 Å². The van der Waals surface area contributed by atoms with Crippen molar-refractivity contribution >= 4 is 17.5 Å². The second kappa shape index (κ2) is 5.88. The van der Waals surface area contributed by atoms with E-state index in [0.29, 0.717) is 12.0 Å². The molecule has 0 amide bonds. The third kappa shape index (κ3) is 3.64. The number of aliphatic hydroxyl groups is 1. The number of carbonyl (C=O) groups is 1. The van der Waals surface area contributed by atoms with E-state index in [1.165, 1.54) is 18.7 Å². The zero-order valence-corrected chi connectivity index (χ0v) is 9.75. The molecule has 0 bridgehead atoms. The fourth-order valence-electron chi connectivity index (χ4n) is 1.18. The van der Waals surface area contributed by atoms with E-state index >= 15 is 0 Å². The molecule has 1 aromatic heterocycles. The fraction of sp³-hybridized carbons (Fsp3) is 0.455. The van der Waals surface area contributed by atoms with Gasteiger partial charge in [0, 0.05) is 23.6 Å². The van der Waals surface area contributed by atoms with Gasteiger partial charge < -0.3 is 5.11 Å². The Morgan fingerprint density at radius 2 is 2.40 bits per heavy atom. The molecule has 4 heteroatoms. The second-order valence-electron chi connectivity index (χ2n) is 3.35. The van der Waals surface area contributed by atoms with Crippen molar-refractivity contribution in [2.24, 2.45) is 0 Å². The highest BCUT2D eigenvalue weighted by Gasteiger charge is 2.11. The van der Waals surface area contributed by atoms with Gasteiger partial charge in [-0.3, -0.25) is 4.79 Å². The van der Waals surface area contributed by atoms with Crippen molar-refractivity contribution in [2.45, 2.75) is 30.5 Å². The van der Waals surface area contributed by atoms with Crippen molar-refractivity contribution in [3.8, 4) is 0 Å². The predicted octanol–water partition coefficient (Wildman–Crippen LogP) is 2.15. The van der Waals surface area contributed by atoms with E-state index in [9.17, 15) is 4.79 Å². The van der Waals surface area contributed by atoms with Crippen LogP contribution in [0.5, 0.6) is 0 Å². The lowest BCUT2D eigenvalue weighted by atomic mass is 10.2. The molecule has 1 N–H and O–H groups in total. The third-order valence-corrected chi connectivity index (χ3v) is 3.19. The van der Waals surface area contributed by atoms with E-state index in [4.69, 9.17) is 5.11 Å². The van der Waals surface area contributed by atoms with Gasteiger partial charge >= 0.3 is 0 Å². The molecule has 1 aromatic rings. The number of pyridine rings is 1. The molecule has 0 aliphatic rings. The summed E-state index contributed by atoms with van der Waals surface area (Å²) in [7, 11) is 0.